The van der Waals surface area contributed by atoms with Crippen LogP contribution in [0.2, 0.25) is 0 Å². The molecule has 0 aromatic rings. The van der Waals surface area contributed by atoms with E-state index in [1.807, 2.05) is 0 Å². The van der Waals surface area contributed by atoms with Gasteiger partial charge < -0.3 is 19.0 Å². The van der Waals surface area contributed by atoms with Gasteiger partial charge in [-0.1, -0.05) is 0 Å². The number of carbonyl (C=O) groups is 3. The molecule has 0 bridgehead atoms. The molecule has 118 valence electrons. The summed E-state index contributed by atoms with van der Waals surface area (Å²) in [6.07, 6.45) is 1.74. The molecule has 21 heavy (non-hydrogen) atoms. The fourth-order valence-corrected chi connectivity index (χ4v) is 3.56. The van der Waals surface area contributed by atoms with Gasteiger partial charge in [-0.15, -0.1) is 0 Å². The van der Waals surface area contributed by atoms with Crippen molar-refractivity contribution in [2.75, 3.05) is 19.8 Å². The number of fused-ring (bicyclic) bond motifs is 1. The van der Waals surface area contributed by atoms with Gasteiger partial charge in [-0.05, 0) is 33.1 Å². The first-order chi connectivity index (χ1) is 10.1. The Morgan fingerprint density at radius 2 is 1.81 bits per heavy atom. The molecule has 3 atom stereocenters. The Hall–Kier alpha value is -1.43. The van der Waals surface area contributed by atoms with Gasteiger partial charge in [-0.3, -0.25) is 9.59 Å². The fourth-order valence-electron chi connectivity index (χ4n) is 3.56. The number of carbonyl (C=O) groups excluding carboxylic acids is 3. The van der Waals surface area contributed by atoms with E-state index in [0.29, 0.717) is 19.4 Å². The Labute approximate surface area is 124 Å². The molecule has 1 heterocycles. The summed E-state index contributed by atoms with van der Waals surface area (Å²) in [6, 6.07) is 0. The highest BCUT2D eigenvalue weighted by Crippen LogP contribution is 2.50. The van der Waals surface area contributed by atoms with Crippen molar-refractivity contribution in [3.05, 3.63) is 0 Å². The molecule has 2 aliphatic rings. The van der Waals surface area contributed by atoms with Crippen molar-refractivity contribution in [2.24, 2.45) is 17.3 Å². The van der Waals surface area contributed by atoms with Crippen molar-refractivity contribution in [3.8, 4) is 0 Å². The molecule has 0 unspecified atom stereocenters. The number of aldehydes is 1. The van der Waals surface area contributed by atoms with Gasteiger partial charge in [0.25, 0.3) is 0 Å². The van der Waals surface area contributed by atoms with E-state index >= 15 is 0 Å². The molecule has 1 aliphatic carbocycles. The van der Waals surface area contributed by atoms with Crippen molar-refractivity contribution >= 4 is 18.2 Å². The summed E-state index contributed by atoms with van der Waals surface area (Å²) in [5.74, 6) is -1.71. The van der Waals surface area contributed by atoms with Crippen LogP contribution >= 0.6 is 0 Å². The first-order valence-electron chi connectivity index (χ1n) is 7.53. The summed E-state index contributed by atoms with van der Waals surface area (Å²) in [5.41, 5.74) is -1.33. The molecular formula is C15H22O6. The van der Waals surface area contributed by atoms with Crippen molar-refractivity contribution in [2.45, 2.75) is 39.2 Å². The van der Waals surface area contributed by atoms with E-state index in [-0.39, 0.29) is 31.5 Å². The van der Waals surface area contributed by atoms with Crippen LogP contribution in [0.4, 0.5) is 0 Å². The molecular weight excluding hydrogens is 276 g/mol. The van der Waals surface area contributed by atoms with Crippen molar-refractivity contribution in [1.82, 2.24) is 0 Å². The molecule has 6 heteroatoms. The lowest BCUT2D eigenvalue weighted by Gasteiger charge is -2.42. The van der Waals surface area contributed by atoms with E-state index in [4.69, 9.17) is 14.2 Å². The molecule has 0 radical (unpaired) electrons. The van der Waals surface area contributed by atoms with Crippen LogP contribution in [0.1, 0.15) is 33.1 Å². The highest BCUT2D eigenvalue weighted by molar-refractivity contribution is 6.01. The molecule has 1 aliphatic heterocycles. The van der Waals surface area contributed by atoms with Crippen LogP contribution in [-0.4, -0.2) is 44.1 Å². The Kier molecular flexibility index (Phi) is 4.98. The molecule has 0 aromatic heterocycles. The van der Waals surface area contributed by atoms with Gasteiger partial charge in [-0.2, -0.15) is 0 Å². The lowest BCUT2D eigenvalue weighted by molar-refractivity contribution is -0.185. The van der Waals surface area contributed by atoms with Crippen LogP contribution in [-0.2, 0) is 28.6 Å². The maximum Gasteiger partial charge on any atom is 0.323 e. The molecule has 0 spiro atoms. The minimum absolute atomic E-state index is 0.204. The summed E-state index contributed by atoms with van der Waals surface area (Å²) >= 11 is 0. The van der Waals surface area contributed by atoms with Crippen molar-refractivity contribution < 1.29 is 28.6 Å². The maximum atomic E-state index is 12.5. The minimum atomic E-state index is -1.33. The van der Waals surface area contributed by atoms with E-state index in [1.165, 1.54) is 0 Å². The number of rotatable bonds is 5. The third-order valence-electron chi connectivity index (χ3n) is 4.52. The number of hydrogen-bond acceptors (Lipinski definition) is 6. The molecule has 0 N–H and O–H groups in total. The van der Waals surface area contributed by atoms with Gasteiger partial charge in [0.05, 0.1) is 19.3 Å². The van der Waals surface area contributed by atoms with Crippen molar-refractivity contribution in [3.63, 3.8) is 0 Å². The van der Waals surface area contributed by atoms with Crippen LogP contribution in [0.3, 0.4) is 0 Å². The second-order valence-electron chi connectivity index (χ2n) is 5.48. The highest BCUT2D eigenvalue weighted by atomic mass is 16.6. The third-order valence-corrected chi connectivity index (χ3v) is 4.52. The van der Waals surface area contributed by atoms with E-state index in [1.54, 1.807) is 13.8 Å². The summed E-state index contributed by atoms with van der Waals surface area (Å²) in [5, 5.41) is 0. The number of ether oxygens (including phenoxy) is 3. The zero-order chi connectivity index (χ0) is 15.5. The number of hydrogen-bond donors (Lipinski definition) is 0. The first-order valence-corrected chi connectivity index (χ1v) is 7.53. The second kappa shape index (κ2) is 6.56. The topological polar surface area (TPSA) is 78.9 Å². The predicted molar refractivity (Wildman–Crippen MR) is 72.3 cm³/mol. The Bertz CT molecular complexity index is 400. The fraction of sp³-hybridized carbons (Fsp3) is 0.800. The monoisotopic (exact) mass is 298 g/mol. The number of esters is 2. The lowest BCUT2D eigenvalue weighted by Crippen LogP contribution is -2.55. The van der Waals surface area contributed by atoms with Crippen molar-refractivity contribution in [1.29, 1.82) is 0 Å². The zero-order valence-corrected chi connectivity index (χ0v) is 12.5. The summed E-state index contributed by atoms with van der Waals surface area (Å²) in [7, 11) is 0. The maximum absolute atomic E-state index is 12.5. The molecule has 2 rings (SSSR count). The zero-order valence-electron chi connectivity index (χ0n) is 12.5. The Morgan fingerprint density at radius 3 is 2.33 bits per heavy atom. The Balaban J connectivity index is 2.37. The van der Waals surface area contributed by atoms with E-state index in [9.17, 15) is 14.4 Å². The predicted octanol–water partition coefficient (Wildman–Crippen LogP) is 1.11. The van der Waals surface area contributed by atoms with Gasteiger partial charge in [-0.25, -0.2) is 0 Å². The van der Waals surface area contributed by atoms with Crippen LogP contribution < -0.4 is 0 Å². The lowest BCUT2D eigenvalue weighted by atomic mass is 9.61. The molecule has 1 saturated heterocycles. The van der Waals surface area contributed by atoms with Gasteiger partial charge in [0.1, 0.15) is 6.29 Å². The van der Waals surface area contributed by atoms with E-state index in [2.05, 4.69) is 0 Å². The van der Waals surface area contributed by atoms with Crippen LogP contribution in [0.25, 0.3) is 0 Å². The molecule has 2 fully saturated rings. The average molecular weight is 298 g/mol. The normalized spacial score (nSPS) is 30.3. The largest absolute Gasteiger partial charge is 0.465 e. The minimum Gasteiger partial charge on any atom is -0.465 e. The van der Waals surface area contributed by atoms with E-state index < -0.39 is 23.5 Å². The standard InChI is InChI=1S/C15H22O6/c1-3-19-13(17)15(14(18)20-4-2)7-5-10(9-16)12-11(15)6-8-21-12/h9-12H,3-8H2,1-2H3/t10-,11-,12-/m1/s1. The van der Waals surface area contributed by atoms with E-state index in [0.717, 1.165) is 6.29 Å². The highest BCUT2D eigenvalue weighted by Gasteiger charge is 2.62. The van der Waals surface area contributed by atoms with Crippen LogP contribution in [0, 0.1) is 17.3 Å². The van der Waals surface area contributed by atoms with Crippen LogP contribution in [0.15, 0.2) is 0 Å². The van der Waals surface area contributed by atoms with Gasteiger partial charge >= 0.3 is 11.9 Å². The molecule has 1 saturated carbocycles. The summed E-state index contributed by atoms with van der Waals surface area (Å²) in [4.78, 5) is 36.2. The molecule has 6 nitrogen and oxygen atoms in total. The third kappa shape index (κ3) is 2.57. The van der Waals surface area contributed by atoms with Gasteiger partial charge in [0, 0.05) is 18.4 Å². The Morgan fingerprint density at radius 1 is 1.19 bits per heavy atom. The summed E-state index contributed by atoms with van der Waals surface area (Å²) in [6.45, 7) is 4.26. The second-order valence-corrected chi connectivity index (χ2v) is 5.48. The molecule has 0 amide bonds. The van der Waals surface area contributed by atoms with Crippen LogP contribution in [0.5, 0.6) is 0 Å². The SMILES string of the molecule is CCOC(=O)C1(C(=O)OCC)CC[C@H](C=O)[C@H]2OCC[C@H]21. The average Bonchev–Trinajstić information content (AvgIpc) is 2.96. The summed E-state index contributed by atoms with van der Waals surface area (Å²) < 4.78 is 15.9. The quantitative estimate of drug-likeness (QED) is 0.430. The van der Waals surface area contributed by atoms with Gasteiger partial charge in [0.15, 0.2) is 5.41 Å². The smallest absolute Gasteiger partial charge is 0.323 e. The molecule has 0 aromatic carbocycles. The van der Waals surface area contributed by atoms with Gasteiger partial charge in [0.2, 0.25) is 0 Å². The first kappa shape index (κ1) is 15.9.